The number of amides is 1. The number of likely N-dealkylation sites (tertiary alicyclic amines) is 2. The topological polar surface area (TPSA) is 100 Å². The third kappa shape index (κ3) is 4.09. The van der Waals surface area contributed by atoms with Crippen molar-refractivity contribution in [2.45, 2.75) is 45.6 Å². The van der Waals surface area contributed by atoms with E-state index in [1.54, 1.807) is 0 Å². The van der Waals surface area contributed by atoms with Gasteiger partial charge in [-0.1, -0.05) is 19.0 Å². The normalized spacial score (nSPS) is 20.1. The Morgan fingerprint density at radius 2 is 1.94 bits per heavy atom. The van der Waals surface area contributed by atoms with Crippen molar-refractivity contribution in [2.24, 2.45) is 5.41 Å². The molecule has 0 unspecified atom stereocenters. The predicted molar refractivity (Wildman–Crippen MR) is 120 cm³/mol. The van der Waals surface area contributed by atoms with Crippen LogP contribution in [0.25, 0.3) is 22.4 Å². The number of hydrogen-bond donors (Lipinski definition) is 1. The van der Waals surface area contributed by atoms with Crippen LogP contribution in [0, 0.1) is 5.41 Å². The van der Waals surface area contributed by atoms with E-state index in [1.165, 1.54) is 6.39 Å². The van der Waals surface area contributed by atoms with E-state index >= 15 is 0 Å². The zero-order valence-corrected chi connectivity index (χ0v) is 18.7. The van der Waals surface area contributed by atoms with Gasteiger partial charge in [0.1, 0.15) is 0 Å². The Balaban J connectivity index is 1.23. The van der Waals surface area contributed by atoms with Gasteiger partial charge >= 0.3 is 5.69 Å². The van der Waals surface area contributed by atoms with Crippen LogP contribution in [0.4, 0.5) is 0 Å². The molecule has 0 atom stereocenters. The quantitative estimate of drug-likeness (QED) is 0.672. The van der Waals surface area contributed by atoms with Crippen LogP contribution in [0.1, 0.15) is 45.6 Å². The molecule has 2 aliphatic rings. The zero-order chi connectivity index (χ0) is 22.3. The minimum atomic E-state index is -0.101. The lowest BCUT2D eigenvalue weighted by molar-refractivity contribution is -0.134. The lowest BCUT2D eigenvalue weighted by Crippen LogP contribution is -2.47. The fraction of sp³-hybridized carbons (Fsp3) is 0.565. The Morgan fingerprint density at radius 3 is 2.62 bits per heavy atom. The fourth-order valence-electron chi connectivity index (χ4n) is 4.92. The molecule has 2 saturated heterocycles. The standard InChI is InChI=1S/C23H30N6O3/c1-23(2)7-11-28(12-8-23)20(30)14-27-9-5-17(6-10-27)29-19-4-3-16(21-24-15-32-26-21)13-18(19)25-22(29)31/h3-4,13,15,17H,5-12,14H2,1-2H3,(H,25,31). The maximum Gasteiger partial charge on any atom is 0.326 e. The van der Waals surface area contributed by atoms with Gasteiger partial charge in [-0.25, -0.2) is 4.79 Å². The van der Waals surface area contributed by atoms with Gasteiger partial charge < -0.3 is 14.4 Å². The molecule has 1 aromatic carbocycles. The largest absolute Gasteiger partial charge is 0.342 e. The maximum atomic E-state index is 12.8. The molecule has 2 aromatic heterocycles. The number of nitrogens with one attached hydrogen (secondary N) is 1. The molecule has 1 amide bonds. The summed E-state index contributed by atoms with van der Waals surface area (Å²) < 4.78 is 6.68. The van der Waals surface area contributed by atoms with Crippen molar-refractivity contribution in [3.05, 3.63) is 35.1 Å². The lowest BCUT2D eigenvalue weighted by Gasteiger charge is -2.38. The molecule has 0 saturated carbocycles. The second-order valence-corrected chi connectivity index (χ2v) is 9.84. The Kier molecular flexibility index (Phi) is 5.36. The highest BCUT2D eigenvalue weighted by molar-refractivity contribution is 5.81. The summed E-state index contributed by atoms with van der Waals surface area (Å²) in [6, 6.07) is 5.85. The minimum Gasteiger partial charge on any atom is -0.342 e. The van der Waals surface area contributed by atoms with E-state index in [1.807, 2.05) is 27.7 Å². The van der Waals surface area contributed by atoms with Gasteiger partial charge in [-0.2, -0.15) is 4.98 Å². The first-order valence-corrected chi connectivity index (χ1v) is 11.4. The zero-order valence-electron chi connectivity index (χ0n) is 18.7. The van der Waals surface area contributed by atoms with Crippen molar-refractivity contribution in [1.29, 1.82) is 0 Å². The second-order valence-electron chi connectivity index (χ2n) is 9.84. The fourth-order valence-corrected chi connectivity index (χ4v) is 4.92. The van der Waals surface area contributed by atoms with E-state index in [0.717, 1.165) is 68.5 Å². The summed E-state index contributed by atoms with van der Waals surface area (Å²) in [6.45, 7) is 8.38. The molecule has 2 aliphatic heterocycles. The first-order chi connectivity index (χ1) is 15.4. The highest BCUT2D eigenvalue weighted by Gasteiger charge is 2.30. The Bertz CT molecular complexity index is 1140. The summed E-state index contributed by atoms with van der Waals surface area (Å²) in [5.74, 6) is 0.730. The molecular formula is C23H30N6O3. The van der Waals surface area contributed by atoms with E-state index < -0.39 is 0 Å². The number of carbonyl (C=O) groups excluding carboxylic acids is 1. The predicted octanol–water partition coefficient (Wildman–Crippen LogP) is 2.67. The van der Waals surface area contributed by atoms with Crippen LogP contribution in [0.2, 0.25) is 0 Å². The molecule has 9 nitrogen and oxygen atoms in total. The Morgan fingerprint density at radius 1 is 1.19 bits per heavy atom. The number of imidazole rings is 1. The summed E-state index contributed by atoms with van der Waals surface area (Å²) >= 11 is 0. The van der Waals surface area contributed by atoms with Gasteiger partial charge in [-0.15, -0.1) is 0 Å². The number of rotatable bonds is 4. The summed E-state index contributed by atoms with van der Waals surface area (Å²) in [6.07, 6.45) is 5.12. The van der Waals surface area contributed by atoms with E-state index in [9.17, 15) is 9.59 Å². The molecule has 0 bridgehead atoms. The van der Waals surface area contributed by atoms with Crippen LogP contribution in [-0.2, 0) is 4.79 Å². The molecule has 9 heteroatoms. The number of nitrogens with zero attached hydrogens (tertiary/aromatic N) is 5. The summed E-state index contributed by atoms with van der Waals surface area (Å²) in [5.41, 5.74) is 2.69. The van der Waals surface area contributed by atoms with Gasteiger partial charge in [0.05, 0.1) is 17.6 Å². The summed E-state index contributed by atoms with van der Waals surface area (Å²) in [4.78, 5) is 36.8. The number of H-pyrrole nitrogens is 1. The van der Waals surface area contributed by atoms with Gasteiger partial charge in [0.2, 0.25) is 18.1 Å². The molecule has 0 aliphatic carbocycles. The third-order valence-electron chi connectivity index (χ3n) is 7.09. The highest BCUT2D eigenvalue weighted by atomic mass is 16.5. The Labute approximate surface area is 186 Å². The molecule has 4 heterocycles. The first kappa shape index (κ1) is 20.9. The van der Waals surface area contributed by atoms with Crippen molar-refractivity contribution < 1.29 is 9.32 Å². The molecule has 3 aromatic rings. The average Bonchev–Trinajstić information content (AvgIpc) is 3.41. The van der Waals surface area contributed by atoms with Crippen molar-refractivity contribution in [3.8, 4) is 11.4 Å². The minimum absolute atomic E-state index is 0.101. The molecular weight excluding hydrogens is 408 g/mol. The van der Waals surface area contributed by atoms with Crippen molar-refractivity contribution in [1.82, 2.24) is 29.5 Å². The maximum absolute atomic E-state index is 12.8. The molecule has 0 spiro atoms. The van der Waals surface area contributed by atoms with Crippen LogP contribution < -0.4 is 5.69 Å². The molecule has 2 fully saturated rings. The Hall–Kier alpha value is -2.94. The van der Waals surface area contributed by atoms with Crippen LogP contribution in [0.15, 0.2) is 33.9 Å². The lowest BCUT2D eigenvalue weighted by atomic mass is 9.82. The van der Waals surface area contributed by atoms with Crippen molar-refractivity contribution in [2.75, 3.05) is 32.7 Å². The van der Waals surface area contributed by atoms with Gasteiger partial charge in [0.25, 0.3) is 0 Å². The molecule has 32 heavy (non-hydrogen) atoms. The number of carbonyl (C=O) groups is 1. The van der Waals surface area contributed by atoms with E-state index in [4.69, 9.17) is 4.52 Å². The van der Waals surface area contributed by atoms with Gasteiger partial charge in [0.15, 0.2) is 0 Å². The molecule has 0 radical (unpaired) electrons. The molecule has 1 N–H and O–H groups in total. The van der Waals surface area contributed by atoms with Gasteiger partial charge in [-0.05, 0) is 49.3 Å². The van der Waals surface area contributed by atoms with Crippen LogP contribution in [0.5, 0.6) is 0 Å². The van der Waals surface area contributed by atoms with Crippen LogP contribution in [-0.4, -0.2) is 68.1 Å². The first-order valence-electron chi connectivity index (χ1n) is 11.4. The number of aromatic amines is 1. The van der Waals surface area contributed by atoms with Crippen LogP contribution in [0.3, 0.4) is 0 Å². The molecule has 170 valence electrons. The SMILES string of the molecule is CC1(C)CCN(C(=O)CN2CCC(n3c(=O)[nH]c4cc(-c5ncon5)ccc43)CC2)CC1. The second kappa shape index (κ2) is 8.20. The number of hydrogen-bond acceptors (Lipinski definition) is 6. The summed E-state index contributed by atoms with van der Waals surface area (Å²) in [5, 5.41) is 3.86. The smallest absolute Gasteiger partial charge is 0.326 e. The van der Waals surface area contributed by atoms with E-state index in [0.29, 0.717) is 17.8 Å². The summed E-state index contributed by atoms with van der Waals surface area (Å²) in [7, 11) is 0. The number of aromatic nitrogens is 4. The van der Waals surface area contributed by atoms with E-state index in [-0.39, 0.29) is 17.6 Å². The monoisotopic (exact) mass is 438 g/mol. The molecule has 5 rings (SSSR count). The van der Waals surface area contributed by atoms with Gasteiger partial charge in [-0.3, -0.25) is 14.3 Å². The highest BCUT2D eigenvalue weighted by Crippen LogP contribution is 2.30. The average molecular weight is 439 g/mol. The van der Waals surface area contributed by atoms with Gasteiger partial charge in [0, 0.05) is 37.8 Å². The third-order valence-corrected chi connectivity index (χ3v) is 7.09. The van der Waals surface area contributed by atoms with Crippen molar-refractivity contribution >= 4 is 16.9 Å². The number of fused-ring (bicyclic) bond motifs is 1. The number of piperidine rings is 2. The van der Waals surface area contributed by atoms with Crippen molar-refractivity contribution in [3.63, 3.8) is 0 Å². The van der Waals surface area contributed by atoms with E-state index in [2.05, 4.69) is 33.9 Å². The van der Waals surface area contributed by atoms with Crippen LogP contribution >= 0.6 is 0 Å². The number of benzene rings is 1.